The molecule has 0 aliphatic rings. The molecule has 0 radical (unpaired) electrons. The third-order valence-corrected chi connectivity index (χ3v) is 2.74. The van der Waals surface area contributed by atoms with E-state index in [9.17, 15) is 4.79 Å². The Labute approximate surface area is 96.3 Å². The molecule has 0 spiro atoms. The van der Waals surface area contributed by atoms with Crippen LogP contribution in [-0.2, 0) is 0 Å². The van der Waals surface area contributed by atoms with Crippen molar-refractivity contribution in [3.8, 4) is 6.07 Å². The minimum absolute atomic E-state index is 0.0172. The van der Waals surface area contributed by atoms with Gasteiger partial charge < -0.3 is 4.90 Å². The average molecular weight is 216 g/mol. The molecule has 3 heteroatoms. The fraction of sp³-hybridized carbons (Fsp3) is 0.385. The van der Waals surface area contributed by atoms with Crippen LogP contribution >= 0.6 is 0 Å². The van der Waals surface area contributed by atoms with E-state index >= 15 is 0 Å². The fourth-order valence-electron chi connectivity index (χ4n) is 1.51. The van der Waals surface area contributed by atoms with E-state index in [2.05, 4.69) is 0 Å². The van der Waals surface area contributed by atoms with Gasteiger partial charge in [-0.1, -0.05) is 12.1 Å². The Morgan fingerprint density at radius 1 is 1.44 bits per heavy atom. The predicted octanol–water partition coefficient (Wildman–Crippen LogP) is 2.29. The maximum absolute atomic E-state index is 12.0. The van der Waals surface area contributed by atoms with Gasteiger partial charge in [-0.25, -0.2) is 0 Å². The lowest BCUT2D eigenvalue weighted by molar-refractivity contribution is 0.0797. The van der Waals surface area contributed by atoms with Gasteiger partial charge in [0.1, 0.15) is 0 Å². The van der Waals surface area contributed by atoms with Crippen LogP contribution in [0.4, 0.5) is 0 Å². The third kappa shape index (κ3) is 2.60. The molecule has 1 amide bonds. The zero-order valence-electron chi connectivity index (χ0n) is 9.95. The van der Waals surface area contributed by atoms with Crippen molar-refractivity contribution < 1.29 is 4.79 Å². The largest absolute Gasteiger partial charge is 0.341 e. The van der Waals surface area contributed by atoms with Gasteiger partial charge in [-0.2, -0.15) is 5.26 Å². The molecule has 0 aliphatic carbocycles. The van der Waals surface area contributed by atoms with Crippen molar-refractivity contribution in [3.05, 3.63) is 34.9 Å². The van der Waals surface area contributed by atoms with Gasteiger partial charge >= 0.3 is 0 Å². The molecule has 1 aromatic rings. The standard InChI is InChI=1S/C13H16N2O/c1-10-6-4-7-12(11(10)2)13(16)15(3)9-5-8-14/h4,6-7H,5,9H2,1-3H3. The summed E-state index contributed by atoms with van der Waals surface area (Å²) in [7, 11) is 1.72. The summed E-state index contributed by atoms with van der Waals surface area (Å²) >= 11 is 0. The van der Waals surface area contributed by atoms with Gasteiger partial charge in [0.05, 0.1) is 12.5 Å². The van der Waals surface area contributed by atoms with Gasteiger partial charge in [-0.05, 0) is 31.0 Å². The Morgan fingerprint density at radius 2 is 2.12 bits per heavy atom. The van der Waals surface area contributed by atoms with Crippen LogP contribution in [0.25, 0.3) is 0 Å². The molecule has 0 fully saturated rings. The van der Waals surface area contributed by atoms with Crippen LogP contribution in [0.1, 0.15) is 27.9 Å². The molecule has 1 rings (SSSR count). The summed E-state index contributed by atoms with van der Waals surface area (Å²) in [4.78, 5) is 13.6. The van der Waals surface area contributed by atoms with E-state index in [4.69, 9.17) is 5.26 Å². The monoisotopic (exact) mass is 216 g/mol. The fourth-order valence-corrected chi connectivity index (χ4v) is 1.51. The molecule has 0 atom stereocenters. The summed E-state index contributed by atoms with van der Waals surface area (Å²) in [6.07, 6.45) is 0.368. The summed E-state index contributed by atoms with van der Waals surface area (Å²) in [6.45, 7) is 4.41. The van der Waals surface area contributed by atoms with E-state index < -0.39 is 0 Å². The molecule has 0 bridgehead atoms. The molecule has 0 saturated carbocycles. The molecule has 0 N–H and O–H groups in total. The van der Waals surface area contributed by atoms with E-state index in [1.54, 1.807) is 11.9 Å². The highest BCUT2D eigenvalue weighted by Crippen LogP contribution is 2.14. The number of rotatable bonds is 3. The van der Waals surface area contributed by atoms with Crippen molar-refractivity contribution in [1.82, 2.24) is 4.90 Å². The van der Waals surface area contributed by atoms with Crippen molar-refractivity contribution in [2.45, 2.75) is 20.3 Å². The maximum atomic E-state index is 12.0. The molecular weight excluding hydrogens is 200 g/mol. The van der Waals surface area contributed by atoms with E-state index in [1.807, 2.05) is 38.1 Å². The highest BCUT2D eigenvalue weighted by atomic mass is 16.2. The summed E-state index contributed by atoms with van der Waals surface area (Å²) in [6, 6.07) is 7.73. The SMILES string of the molecule is Cc1cccc(C(=O)N(C)CCC#N)c1C. The Hall–Kier alpha value is -1.82. The molecule has 84 valence electrons. The molecular formula is C13H16N2O. The first-order valence-corrected chi connectivity index (χ1v) is 5.26. The Bertz CT molecular complexity index is 432. The zero-order valence-corrected chi connectivity index (χ0v) is 9.95. The number of nitrogens with zero attached hydrogens (tertiary/aromatic N) is 2. The first-order valence-electron chi connectivity index (χ1n) is 5.26. The lowest BCUT2D eigenvalue weighted by Crippen LogP contribution is -2.28. The number of nitriles is 1. The number of hydrogen-bond donors (Lipinski definition) is 0. The summed E-state index contributed by atoms with van der Waals surface area (Å²) in [5.41, 5.74) is 2.84. The molecule has 0 saturated heterocycles. The van der Waals surface area contributed by atoms with Crippen LogP contribution in [0, 0.1) is 25.2 Å². The molecule has 3 nitrogen and oxygen atoms in total. The van der Waals surface area contributed by atoms with Gasteiger partial charge in [-0.3, -0.25) is 4.79 Å². The second-order valence-electron chi connectivity index (χ2n) is 3.88. The first kappa shape index (κ1) is 12.3. The lowest BCUT2D eigenvalue weighted by atomic mass is 10.0. The van der Waals surface area contributed by atoms with Crippen LogP contribution in [0.2, 0.25) is 0 Å². The highest BCUT2D eigenvalue weighted by Gasteiger charge is 2.14. The molecule has 0 aromatic heterocycles. The number of carbonyl (C=O) groups is 1. The minimum atomic E-state index is -0.0172. The molecule has 0 unspecified atom stereocenters. The van der Waals surface area contributed by atoms with E-state index in [1.165, 1.54) is 0 Å². The van der Waals surface area contributed by atoms with Crippen LogP contribution in [0.15, 0.2) is 18.2 Å². The molecule has 0 heterocycles. The topological polar surface area (TPSA) is 44.1 Å². The molecule has 16 heavy (non-hydrogen) atoms. The number of benzene rings is 1. The van der Waals surface area contributed by atoms with E-state index in [-0.39, 0.29) is 5.91 Å². The summed E-state index contributed by atoms with van der Waals surface area (Å²) < 4.78 is 0. The van der Waals surface area contributed by atoms with Crippen molar-refractivity contribution in [3.63, 3.8) is 0 Å². The summed E-state index contributed by atoms with van der Waals surface area (Å²) in [5.74, 6) is -0.0172. The number of hydrogen-bond acceptors (Lipinski definition) is 2. The Balaban J connectivity index is 2.89. The minimum Gasteiger partial charge on any atom is -0.341 e. The van der Waals surface area contributed by atoms with Gasteiger partial charge in [0.15, 0.2) is 0 Å². The second kappa shape index (κ2) is 5.32. The predicted molar refractivity (Wildman–Crippen MR) is 63.1 cm³/mol. The van der Waals surface area contributed by atoms with Crippen molar-refractivity contribution in [1.29, 1.82) is 5.26 Å². The Kier molecular flexibility index (Phi) is 4.07. The third-order valence-electron chi connectivity index (χ3n) is 2.74. The highest BCUT2D eigenvalue weighted by molar-refractivity contribution is 5.95. The van der Waals surface area contributed by atoms with Crippen molar-refractivity contribution >= 4 is 5.91 Å². The summed E-state index contributed by atoms with van der Waals surface area (Å²) in [5, 5.41) is 8.48. The van der Waals surface area contributed by atoms with Crippen molar-refractivity contribution in [2.75, 3.05) is 13.6 Å². The average Bonchev–Trinajstić information content (AvgIpc) is 2.28. The van der Waals surface area contributed by atoms with Gasteiger partial charge in [0, 0.05) is 19.2 Å². The van der Waals surface area contributed by atoms with E-state index in [0.717, 1.165) is 16.7 Å². The van der Waals surface area contributed by atoms with Gasteiger partial charge in [0.25, 0.3) is 5.91 Å². The van der Waals surface area contributed by atoms with Crippen LogP contribution in [-0.4, -0.2) is 24.4 Å². The van der Waals surface area contributed by atoms with Crippen LogP contribution < -0.4 is 0 Å². The smallest absolute Gasteiger partial charge is 0.253 e. The molecule has 1 aromatic carbocycles. The lowest BCUT2D eigenvalue weighted by Gasteiger charge is -2.17. The first-order chi connectivity index (χ1) is 7.57. The maximum Gasteiger partial charge on any atom is 0.253 e. The number of carbonyl (C=O) groups excluding carboxylic acids is 1. The van der Waals surface area contributed by atoms with Crippen LogP contribution in [0.5, 0.6) is 0 Å². The normalized spacial score (nSPS) is 9.62. The second-order valence-corrected chi connectivity index (χ2v) is 3.88. The number of aryl methyl sites for hydroxylation is 1. The quantitative estimate of drug-likeness (QED) is 0.778. The molecule has 0 aliphatic heterocycles. The Morgan fingerprint density at radius 3 is 2.75 bits per heavy atom. The van der Waals surface area contributed by atoms with E-state index in [0.29, 0.717) is 13.0 Å². The number of amides is 1. The van der Waals surface area contributed by atoms with Crippen molar-refractivity contribution in [2.24, 2.45) is 0 Å². The van der Waals surface area contributed by atoms with Gasteiger partial charge in [0.2, 0.25) is 0 Å². The van der Waals surface area contributed by atoms with Crippen LogP contribution in [0.3, 0.4) is 0 Å². The van der Waals surface area contributed by atoms with Gasteiger partial charge in [-0.15, -0.1) is 0 Å². The zero-order chi connectivity index (χ0) is 12.1.